The number of anilines is 2. The summed E-state index contributed by atoms with van der Waals surface area (Å²) in [5.41, 5.74) is 1.40. The molecule has 0 atom stereocenters. The largest absolute Gasteiger partial charge is 0.383 e. The molecule has 1 saturated heterocycles. The van der Waals surface area contributed by atoms with E-state index >= 15 is 0 Å². The SMILES string of the molecule is COCCNc1nnc(SCC(=O)c2cccc(N3CCCC3=O)c2)s1. The van der Waals surface area contributed by atoms with Gasteiger partial charge in [-0.1, -0.05) is 35.2 Å². The number of Topliss-reactive ketones (excluding diaryl/α,β-unsaturated/α-hetero) is 1. The van der Waals surface area contributed by atoms with E-state index in [4.69, 9.17) is 4.74 Å². The molecule has 2 heterocycles. The summed E-state index contributed by atoms with van der Waals surface area (Å²) in [6.45, 7) is 1.97. The first-order chi connectivity index (χ1) is 12.7. The summed E-state index contributed by atoms with van der Waals surface area (Å²) < 4.78 is 5.71. The van der Waals surface area contributed by atoms with Crippen LogP contribution in [-0.2, 0) is 9.53 Å². The van der Waals surface area contributed by atoms with E-state index in [9.17, 15) is 9.59 Å². The molecule has 1 aromatic heterocycles. The Morgan fingerprint density at radius 3 is 3.08 bits per heavy atom. The van der Waals surface area contributed by atoms with Crippen molar-refractivity contribution in [2.75, 3.05) is 42.8 Å². The number of hydrogen-bond acceptors (Lipinski definition) is 8. The summed E-state index contributed by atoms with van der Waals surface area (Å²) >= 11 is 2.78. The third-order valence-corrected chi connectivity index (χ3v) is 5.88. The number of ketones is 1. The highest BCUT2D eigenvalue weighted by Crippen LogP contribution is 2.27. The maximum Gasteiger partial charge on any atom is 0.227 e. The van der Waals surface area contributed by atoms with Gasteiger partial charge in [-0.25, -0.2) is 0 Å². The minimum absolute atomic E-state index is 0.00703. The molecule has 1 fully saturated rings. The zero-order chi connectivity index (χ0) is 18.4. The van der Waals surface area contributed by atoms with Crippen LogP contribution in [0.4, 0.5) is 10.8 Å². The number of nitrogens with zero attached hydrogens (tertiary/aromatic N) is 3. The van der Waals surface area contributed by atoms with Gasteiger partial charge in [0.2, 0.25) is 11.0 Å². The predicted octanol–water partition coefficient (Wildman–Crippen LogP) is 2.70. The number of rotatable bonds is 9. The van der Waals surface area contributed by atoms with E-state index in [0.717, 1.165) is 23.0 Å². The molecule has 1 amide bonds. The fourth-order valence-electron chi connectivity index (χ4n) is 2.58. The molecule has 1 aromatic carbocycles. The highest BCUT2D eigenvalue weighted by molar-refractivity contribution is 8.01. The van der Waals surface area contributed by atoms with E-state index in [0.29, 0.717) is 30.3 Å². The van der Waals surface area contributed by atoms with Crippen molar-refractivity contribution < 1.29 is 14.3 Å². The van der Waals surface area contributed by atoms with Crippen molar-refractivity contribution in [2.45, 2.75) is 17.2 Å². The molecule has 9 heteroatoms. The minimum atomic E-state index is 0.00703. The monoisotopic (exact) mass is 392 g/mol. The number of nitrogens with one attached hydrogen (secondary N) is 1. The van der Waals surface area contributed by atoms with Crippen molar-refractivity contribution in [3.05, 3.63) is 29.8 Å². The lowest BCUT2D eigenvalue weighted by molar-refractivity contribution is -0.117. The molecule has 1 aliphatic rings. The van der Waals surface area contributed by atoms with Crippen molar-refractivity contribution in [3.63, 3.8) is 0 Å². The lowest BCUT2D eigenvalue weighted by atomic mass is 10.1. The van der Waals surface area contributed by atoms with Crippen LogP contribution >= 0.6 is 23.1 Å². The first kappa shape index (κ1) is 18.8. The smallest absolute Gasteiger partial charge is 0.227 e. The maximum absolute atomic E-state index is 12.5. The molecule has 2 aromatic rings. The molecule has 0 spiro atoms. The third kappa shape index (κ3) is 4.80. The summed E-state index contributed by atoms with van der Waals surface area (Å²) in [4.78, 5) is 26.1. The van der Waals surface area contributed by atoms with Gasteiger partial charge in [0.25, 0.3) is 0 Å². The zero-order valence-corrected chi connectivity index (χ0v) is 16.1. The number of carbonyl (C=O) groups excluding carboxylic acids is 2. The van der Waals surface area contributed by atoms with Crippen LogP contribution in [-0.4, -0.2) is 54.4 Å². The highest BCUT2D eigenvalue weighted by Gasteiger charge is 2.22. The second kappa shape index (κ2) is 9.11. The zero-order valence-electron chi connectivity index (χ0n) is 14.4. The average molecular weight is 393 g/mol. The number of ether oxygens (including phenoxy) is 1. The normalized spacial score (nSPS) is 14.0. The summed E-state index contributed by atoms with van der Waals surface area (Å²) in [5, 5.41) is 11.9. The van der Waals surface area contributed by atoms with Crippen molar-refractivity contribution >= 4 is 45.6 Å². The summed E-state index contributed by atoms with van der Waals surface area (Å²) in [7, 11) is 1.64. The van der Waals surface area contributed by atoms with Gasteiger partial charge in [0.05, 0.1) is 12.4 Å². The number of hydrogen-bond donors (Lipinski definition) is 1. The Morgan fingerprint density at radius 2 is 2.31 bits per heavy atom. The Hall–Kier alpha value is -1.97. The van der Waals surface area contributed by atoms with Crippen LogP contribution in [0, 0.1) is 0 Å². The van der Waals surface area contributed by atoms with Crippen molar-refractivity contribution in [1.82, 2.24) is 10.2 Å². The molecule has 3 rings (SSSR count). The van der Waals surface area contributed by atoms with Crippen LogP contribution in [0.25, 0.3) is 0 Å². The average Bonchev–Trinajstić information content (AvgIpc) is 3.29. The molecule has 138 valence electrons. The minimum Gasteiger partial charge on any atom is -0.383 e. The Bertz CT molecular complexity index is 781. The van der Waals surface area contributed by atoms with Gasteiger partial charge in [-0.05, 0) is 18.6 Å². The molecule has 1 aliphatic heterocycles. The Morgan fingerprint density at radius 1 is 1.42 bits per heavy atom. The molecular weight excluding hydrogens is 372 g/mol. The Labute approximate surface area is 160 Å². The standard InChI is InChI=1S/C17H20N4O3S2/c1-24-9-7-18-16-19-20-17(26-16)25-11-14(22)12-4-2-5-13(10-12)21-8-3-6-15(21)23/h2,4-5,10H,3,6-9,11H2,1H3,(H,18,19). The van der Waals surface area contributed by atoms with Gasteiger partial charge in [0.15, 0.2) is 10.1 Å². The van der Waals surface area contributed by atoms with Crippen LogP contribution in [0.15, 0.2) is 28.6 Å². The van der Waals surface area contributed by atoms with Crippen molar-refractivity contribution in [1.29, 1.82) is 0 Å². The van der Waals surface area contributed by atoms with E-state index in [1.165, 1.54) is 23.1 Å². The van der Waals surface area contributed by atoms with Crippen LogP contribution in [0.1, 0.15) is 23.2 Å². The number of thioether (sulfide) groups is 1. The van der Waals surface area contributed by atoms with Crippen molar-refractivity contribution in [2.24, 2.45) is 0 Å². The van der Waals surface area contributed by atoms with E-state index < -0.39 is 0 Å². The van der Waals surface area contributed by atoms with Gasteiger partial charge in [0.1, 0.15) is 0 Å². The van der Waals surface area contributed by atoms with E-state index in [1.54, 1.807) is 24.1 Å². The highest BCUT2D eigenvalue weighted by atomic mass is 32.2. The molecular formula is C17H20N4O3S2. The van der Waals surface area contributed by atoms with Crippen LogP contribution in [0.5, 0.6) is 0 Å². The van der Waals surface area contributed by atoms with E-state index in [-0.39, 0.29) is 17.4 Å². The second-order valence-electron chi connectivity index (χ2n) is 5.70. The van der Waals surface area contributed by atoms with Gasteiger partial charge in [-0.2, -0.15) is 0 Å². The third-order valence-electron chi connectivity index (χ3n) is 3.87. The molecule has 0 aliphatic carbocycles. The van der Waals surface area contributed by atoms with Crippen LogP contribution in [0.3, 0.4) is 0 Å². The van der Waals surface area contributed by atoms with Gasteiger partial charge in [-0.15, -0.1) is 10.2 Å². The fraction of sp³-hybridized carbons (Fsp3) is 0.412. The number of amides is 1. The summed E-state index contributed by atoms with van der Waals surface area (Å²) in [6, 6.07) is 7.27. The van der Waals surface area contributed by atoms with Gasteiger partial charge < -0.3 is 15.0 Å². The lowest BCUT2D eigenvalue weighted by Crippen LogP contribution is -2.23. The molecule has 7 nitrogen and oxygen atoms in total. The van der Waals surface area contributed by atoms with Crippen molar-refractivity contribution in [3.8, 4) is 0 Å². The predicted molar refractivity (Wildman–Crippen MR) is 103 cm³/mol. The topological polar surface area (TPSA) is 84.4 Å². The Balaban J connectivity index is 1.56. The quantitative estimate of drug-likeness (QED) is 0.399. The number of benzene rings is 1. The van der Waals surface area contributed by atoms with E-state index in [1.807, 2.05) is 12.1 Å². The summed E-state index contributed by atoms with van der Waals surface area (Å²) in [6.07, 6.45) is 1.44. The summed E-state index contributed by atoms with van der Waals surface area (Å²) in [5.74, 6) is 0.406. The second-order valence-corrected chi connectivity index (χ2v) is 7.90. The van der Waals surface area contributed by atoms with E-state index in [2.05, 4.69) is 15.5 Å². The molecule has 0 saturated carbocycles. The number of methoxy groups -OCH3 is 1. The molecule has 0 unspecified atom stereocenters. The molecule has 26 heavy (non-hydrogen) atoms. The molecule has 0 radical (unpaired) electrons. The molecule has 0 bridgehead atoms. The first-order valence-corrected chi connectivity index (χ1v) is 10.1. The van der Waals surface area contributed by atoms with Gasteiger partial charge >= 0.3 is 0 Å². The maximum atomic E-state index is 12.5. The number of aromatic nitrogens is 2. The van der Waals surface area contributed by atoms with Gasteiger partial charge in [-0.3, -0.25) is 9.59 Å². The Kier molecular flexibility index (Phi) is 6.59. The lowest BCUT2D eigenvalue weighted by Gasteiger charge is -2.16. The van der Waals surface area contributed by atoms with Crippen LogP contribution < -0.4 is 10.2 Å². The van der Waals surface area contributed by atoms with Crippen LogP contribution in [0.2, 0.25) is 0 Å². The fourth-order valence-corrected chi connectivity index (χ4v) is 4.25. The molecule has 1 N–H and O–H groups in total. The van der Waals surface area contributed by atoms with Gasteiger partial charge in [0, 0.05) is 37.9 Å². The number of carbonyl (C=O) groups is 2. The first-order valence-electron chi connectivity index (χ1n) is 8.30.